The molecule has 5 nitrogen and oxygen atoms in total. The third-order valence-corrected chi connectivity index (χ3v) is 4.90. The predicted octanol–water partition coefficient (Wildman–Crippen LogP) is 3.26. The Bertz CT molecular complexity index is 897. The molecule has 0 bridgehead atoms. The zero-order valence-corrected chi connectivity index (χ0v) is 13.2. The maximum Gasteiger partial charge on any atom is 0.261 e. The van der Waals surface area contributed by atoms with E-state index in [1.165, 1.54) is 0 Å². The highest BCUT2D eigenvalue weighted by Crippen LogP contribution is 2.20. The van der Waals surface area contributed by atoms with Crippen molar-refractivity contribution in [2.45, 2.75) is 24.7 Å². The first-order valence-corrected chi connectivity index (χ1v) is 8.49. The largest absolute Gasteiger partial charge is 0.305 e. The lowest BCUT2D eigenvalue weighted by Crippen LogP contribution is -2.13. The first-order valence-electron chi connectivity index (χ1n) is 7.01. The smallest absolute Gasteiger partial charge is 0.261 e. The predicted molar refractivity (Wildman–Crippen MR) is 86.5 cm³/mol. The summed E-state index contributed by atoms with van der Waals surface area (Å²) < 4.78 is 29.2. The maximum absolute atomic E-state index is 12.4. The van der Waals surface area contributed by atoms with Crippen molar-refractivity contribution >= 4 is 21.4 Å². The van der Waals surface area contributed by atoms with Gasteiger partial charge in [0.25, 0.3) is 10.0 Å². The Morgan fingerprint density at radius 3 is 2.50 bits per heavy atom. The van der Waals surface area contributed by atoms with E-state index in [-0.39, 0.29) is 4.90 Å². The van der Waals surface area contributed by atoms with Crippen LogP contribution in [0.2, 0.25) is 0 Å². The number of hydrogen-bond acceptors (Lipinski definition) is 3. The van der Waals surface area contributed by atoms with Crippen LogP contribution >= 0.6 is 0 Å². The highest BCUT2D eigenvalue weighted by Gasteiger charge is 2.14. The van der Waals surface area contributed by atoms with Crippen LogP contribution in [0.4, 0.5) is 5.69 Å². The molecule has 22 heavy (non-hydrogen) atoms. The van der Waals surface area contributed by atoms with Crippen molar-refractivity contribution in [2.75, 3.05) is 4.72 Å². The van der Waals surface area contributed by atoms with Crippen LogP contribution in [0.5, 0.6) is 0 Å². The molecular formula is C16H17N3O2S. The van der Waals surface area contributed by atoms with Gasteiger partial charge in [-0.2, -0.15) is 0 Å². The summed E-state index contributed by atoms with van der Waals surface area (Å²) in [6.07, 6.45) is 5.13. The van der Waals surface area contributed by atoms with Gasteiger partial charge in [-0.05, 0) is 35.7 Å². The SMILES string of the molecule is CC(C)c1ccc(S(=O)(=O)Nc2ccc3nccn3c2)cc1. The lowest BCUT2D eigenvalue weighted by Gasteiger charge is -2.10. The van der Waals surface area contributed by atoms with Crippen molar-refractivity contribution < 1.29 is 8.42 Å². The molecule has 1 N–H and O–H groups in total. The second-order valence-electron chi connectivity index (χ2n) is 5.44. The number of benzene rings is 1. The Balaban J connectivity index is 1.88. The van der Waals surface area contributed by atoms with Crippen molar-refractivity contribution in [1.82, 2.24) is 9.38 Å². The first-order chi connectivity index (χ1) is 10.5. The van der Waals surface area contributed by atoms with Crippen LogP contribution in [0, 0.1) is 0 Å². The highest BCUT2D eigenvalue weighted by atomic mass is 32.2. The van der Waals surface area contributed by atoms with Gasteiger partial charge in [0.15, 0.2) is 0 Å². The fourth-order valence-corrected chi connectivity index (χ4v) is 3.27. The van der Waals surface area contributed by atoms with Crippen LogP contribution in [0.3, 0.4) is 0 Å². The molecule has 0 aliphatic carbocycles. The fraction of sp³-hybridized carbons (Fsp3) is 0.188. The van der Waals surface area contributed by atoms with Crippen molar-refractivity contribution in [3.05, 3.63) is 60.6 Å². The van der Waals surface area contributed by atoms with Crippen molar-refractivity contribution in [1.29, 1.82) is 0 Å². The molecular weight excluding hydrogens is 298 g/mol. The number of fused-ring (bicyclic) bond motifs is 1. The third-order valence-electron chi connectivity index (χ3n) is 3.50. The van der Waals surface area contributed by atoms with Gasteiger partial charge >= 0.3 is 0 Å². The molecule has 0 aliphatic heterocycles. The van der Waals surface area contributed by atoms with Crippen LogP contribution in [-0.2, 0) is 10.0 Å². The lowest BCUT2D eigenvalue weighted by atomic mass is 10.0. The molecule has 6 heteroatoms. The summed E-state index contributed by atoms with van der Waals surface area (Å²) in [7, 11) is -3.59. The number of hydrogen-bond donors (Lipinski definition) is 1. The summed E-state index contributed by atoms with van der Waals surface area (Å²) in [6, 6.07) is 10.4. The average Bonchev–Trinajstić information content (AvgIpc) is 2.94. The van der Waals surface area contributed by atoms with E-state index in [4.69, 9.17) is 0 Å². The van der Waals surface area contributed by atoms with Gasteiger partial charge in [0.05, 0.1) is 10.6 Å². The Hall–Kier alpha value is -2.34. The standard InChI is InChI=1S/C16H17N3O2S/c1-12(2)13-3-6-15(7-4-13)22(20,21)18-14-5-8-16-17-9-10-19(16)11-14/h3-12,18H,1-2H3. The fourth-order valence-electron chi connectivity index (χ4n) is 2.23. The highest BCUT2D eigenvalue weighted by molar-refractivity contribution is 7.92. The average molecular weight is 315 g/mol. The number of rotatable bonds is 4. The quantitative estimate of drug-likeness (QED) is 0.804. The maximum atomic E-state index is 12.4. The zero-order valence-electron chi connectivity index (χ0n) is 12.4. The number of aromatic nitrogens is 2. The van der Waals surface area contributed by atoms with Crippen LogP contribution in [0.15, 0.2) is 59.9 Å². The first kappa shape index (κ1) is 14.6. The molecule has 0 spiro atoms. The minimum atomic E-state index is -3.59. The summed E-state index contributed by atoms with van der Waals surface area (Å²) in [5.41, 5.74) is 2.38. The van der Waals surface area contributed by atoms with Gasteiger partial charge in [-0.3, -0.25) is 4.72 Å². The van der Waals surface area contributed by atoms with Crippen molar-refractivity contribution in [3.63, 3.8) is 0 Å². The Morgan fingerprint density at radius 2 is 1.82 bits per heavy atom. The number of sulfonamides is 1. The molecule has 3 rings (SSSR count). The molecule has 2 heterocycles. The van der Waals surface area contributed by atoms with E-state index >= 15 is 0 Å². The molecule has 0 unspecified atom stereocenters. The monoisotopic (exact) mass is 315 g/mol. The molecule has 0 atom stereocenters. The van der Waals surface area contributed by atoms with Gasteiger partial charge in [-0.15, -0.1) is 0 Å². The van der Waals surface area contributed by atoms with Crippen molar-refractivity contribution in [2.24, 2.45) is 0 Å². The summed E-state index contributed by atoms with van der Waals surface area (Å²) in [6.45, 7) is 4.14. The van der Waals surface area contributed by atoms with Crippen molar-refractivity contribution in [3.8, 4) is 0 Å². The van der Waals surface area contributed by atoms with Gasteiger partial charge in [-0.25, -0.2) is 13.4 Å². The molecule has 0 saturated carbocycles. The molecule has 0 fully saturated rings. The van der Waals surface area contributed by atoms with Gasteiger partial charge in [0.2, 0.25) is 0 Å². The molecule has 0 radical (unpaired) electrons. The number of anilines is 1. The lowest BCUT2D eigenvalue weighted by molar-refractivity contribution is 0.601. The second-order valence-corrected chi connectivity index (χ2v) is 7.12. The van der Waals surface area contributed by atoms with Crippen LogP contribution in [0.1, 0.15) is 25.3 Å². The van der Waals surface area contributed by atoms with E-state index in [9.17, 15) is 8.42 Å². The van der Waals surface area contributed by atoms with E-state index in [0.717, 1.165) is 11.2 Å². The van der Waals surface area contributed by atoms with E-state index in [0.29, 0.717) is 11.6 Å². The number of nitrogens with one attached hydrogen (secondary N) is 1. The van der Waals surface area contributed by atoms with E-state index in [2.05, 4.69) is 23.6 Å². The van der Waals surface area contributed by atoms with Crippen LogP contribution in [0.25, 0.3) is 5.65 Å². The molecule has 3 aromatic rings. The van der Waals surface area contributed by atoms with Crippen LogP contribution in [-0.4, -0.2) is 17.8 Å². The summed E-state index contributed by atoms with van der Waals surface area (Å²) in [5.74, 6) is 0.369. The Kier molecular flexibility index (Phi) is 3.62. The van der Waals surface area contributed by atoms with Crippen LogP contribution < -0.4 is 4.72 Å². The molecule has 2 aromatic heterocycles. The topological polar surface area (TPSA) is 63.5 Å². The number of imidazole rings is 1. The zero-order chi connectivity index (χ0) is 15.7. The summed E-state index contributed by atoms with van der Waals surface area (Å²) in [4.78, 5) is 4.38. The minimum absolute atomic E-state index is 0.252. The number of nitrogens with zero attached hydrogens (tertiary/aromatic N) is 2. The van der Waals surface area contributed by atoms with Gasteiger partial charge in [-0.1, -0.05) is 26.0 Å². The Morgan fingerprint density at radius 1 is 1.09 bits per heavy atom. The third kappa shape index (κ3) is 2.82. The normalized spacial score (nSPS) is 12.0. The minimum Gasteiger partial charge on any atom is -0.305 e. The molecule has 0 amide bonds. The number of pyridine rings is 1. The summed E-state index contributed by atoms with van der Waals surface area (Å²) >= 11 is 0. The van der Waals surface area contributed by atoms with Gasteiger partial charge < -0.3 is 4.40 Å². The molecule has 114 valence electrons. The van der Waals surface area contributed by atoms with Gasteiger partial charge in [0, 0.05) is 18.6 Å². The molecule has 1 aromatic carbocycles. The second kappa shape index (κ2) is 5.46. The van der Waals surface area contributed by atoms with E-state index < -0.39 is 10.0 Å². The molecule has 0 saturated heterocycles. The summed E-state index contributed by atoms with van der Waals surface area (Å²) in [5, 5.41) is 0. The van der Waals surface area contributed by atoms with E-state index in [1.807, 2.05) is 12.1 Å². The Labute approximate surface area is 129 Å². The van der Waals surface area contributed by atoms with Gasteiger partial charge in [0.1, 0.15) is 5.65 Å². The molecule has 0 aliphatic rings. The van der Waals surface area contributed by atoms with E-state index in [1.54, 1.807) is 47.3 Å².